The zero-order valence-corrected chi connectivity index (χ0v) is 67.9. The number of amidine groups is 5. The molecule has 0 amide bonds. The van der Waals surface area contributed by atoms with E-state index < -0.39 is 61.6 Å². The SMILES string of the molecule is C.CC(C)C(O)C(C)(C)COc1cccc2c1C(N)=NS(=O)(=O)C2.CC(Oc1cccc2c1C(N)=NS(=O)(=O)C2)C1CC1.CCCCCCCCCCOc1cccc2c1C(N)=NS(=O)(=O)C2.CCCCCCCOc1cccc2c1C(N)=NS(=O)(=O)C2.CO[C@H]1CCCC[C@@H]1Oc1cccc2c1C(N)=NS(=O)(=O)C2. The molecule has 0 aromatic heterocycles. The molecule has 0 radical (unpaired) electrons. The van der Waals surface area contributed by atoms with Crippen LogP contribution in [0.2, 0.25) is 0 Å². The average Bonchev–Trinajstić information content (AvgIpc) is 1.08. The van der Waals surface area contributed by atoms with Gasteiger partial charge in [0.15, 0.2) is 0 Å². The Hall–Kier alpha value is -7.88. The minimum atomic E-state index is -3.56. The summed E-state index contributed by atoms with van der Waals surface area (Å²) in [7, 11) is -15.9. The van der Waals surface area contributed by atoms with Crippen LogP contribution in [0.3, 0.4) is 0 Å². The topological polar surface area (TPSA) is 438 Å². The highest BCUT2D eigenvalue weighted by Crippen LogP contribution is 2.39. The molecule has 2 unspecified atom stereocenters. The molecule has 0 saturated heterocycles. The Labute approximate surface area is 652 Å². The zero-order valence-electron chi connectivity index (χ0n) is 63.9. The highest BCUT2D eigenvalue weighted by molar-refractivity contribution is 7.90. The van der Waals surface area contributed by atoms with Crippen molar-refractivity contribution in [2.75, 3.05) is 26.9 Å². The van der Waals surface area contributed by atoms with Crippen LogP contribution in [0.1, 0.15) is 234 Å². The van der Waals surface area contributed by atoms with Gasteiger partial charge in [0.1, 0.15) is 64.0 Å². The Kier molecular flexibility index (Phi) is 32.5. The molecule has 11 N–H and O–H groups in total. The Morgan fingerprint density at radius 2 is 0.727 bits per heavy atom. The first-order valence-corrected chi connectivity index (χ1v) is 45.5. The Morgan fingerprint density at radius 3 is 1.06 bits per heavy atom. The van der Waals surface area contributed by atoms with Crippen molar-refractivity contribution in [3.63, 3.8) is 0 Å². The molecule has 5 aromatic rings. The molecule has 5 heterocycles. The molecule has 27 nitrogen and oxygen atoms in total. The highest BCUT2D eigenvalue weighted by atomic mass is 32.2. The van der Waals surface area contributed by atoms with Gasteiger partial charge in [-0.1, -0.05) is 187 Å². The number of nitrogens with two attached hydrogens (primary N) is 5. The minimum Gasteiger partial charge on any atom is -0.493 e. The van der Waals surface area contributed by atoms with E-state index in [9.17, 15) is 47.2 Å². The summed E-state index contributed by atoms with van der Waals surface area (Å²) in [5, 5.41) is 10.3. The van der Waals surface area contributed by atoms with Crippen LogP contribution in [-0.4, -0.2) is 128 Å². The van der Waals surface area contributed by atoms with E-state index in [1.54, 1.807) is 79.9 Å². The van der Waals surface area contributed by atoms with Crippen LogP contribution < -0.4 is 52.4 Å². The predicted molar refractivity (Wildman–Crippen MR) is 435 cm³/mol. The van der Waals surface area contributed by atoms with Crippen molar-refractivity contribution >= 4 is 79.3 Å². The molecule has 0 bridgehead atoms. The summed E-state index contributed by atoms with van der Waals surface area (Å²) in [4.78, 5) is 0. The summed E-state index contributed by atoms with van der Waals surface area (Å²) >= 11 is 0. The lowest BCUT2D eigenvalue weighted by Gasteiger charge is -2.33. The third-order valence-electron chi connectivity index (χ3n) is 19.3. The van der Waals surface area contributed by atoms with Crippen LogP contribution in [-0.2, 0) is 83.6 Å². The lowest BCUT2D eigenvalue weighted by Crippen LogP contribution is -2.38. The van der Waals surface area contributed by atoms with E-state index in [0.29, 0.717) is 104 Å². The van der Waals surface area contributed by atoms with E-state index in [4.69, 9.17) is 57.1 Å². The maximum atomic E-state index is 11.7. The third-order valence-corrected chi connectivity index (χ3v) is 25.1. The molecular formula is C78H114N10O17S5. The van der Waals surface area contributed by atoms with Gasteiger partial charge in [0.2, 0.25) is 0 Å². The summed E-state index contributed by atoms with van der Waals surface area (Å²) in [6, 6.07) is 26.6. The standard InChI is InChI=1S/C18H28N2O3S.C16H24N2O4S.C15H20N2O4S.C15H22N2O3S.C13H16N2O3S.CH4/c1-2-3-4-5-6-7-8-9-13-23-16-12-10-11-15-14-24(21,22)20-18(19)17(15)16;1-10(2)14(19)16(3,4)9-22-12-7-5-6-11-8-23(20,21)18-15(17)13(11)12;1-20-11-6-2-3-7-12(11)21-13-8-4-5-10-9-22(18,19)17-15(16)14(10)13;1-2-3-4-5-6-10-20-13-9-7-8-12-11-21(18,19)17-15(16)14(12)13;1-8(9-5-6-9)18-11-4-2-3-10-7-19(16,17)15-13(14)12(10)11;/h10-12H,2-9,13-14H2,1H3,(H2,19,20);5-7,10,14,19H,8-9H2,1-4H3,(H2,17,18);4-5,8,11-12H,2-3,6-7,9H2,1H3,(H2,16,17);7-9H,2-6,10-11H2,1H3,(H2,16,17);2-4,8-9H,5-7H2,1H3,(H2,14,15);1H4/t;;11-,12-;;;/m..0.../s1. The molecule has 2 aliphatic carbocycles. The molecule has 4 atom stereocenters. The predicted octanol–water partition coefficient (Wildman–Crippen LogP) is 11.6. The maximum absolute atomic E-state index is 11.7. The molecule has 110 heavy (non-hydrogen) atoms. The van der Waals surface area contributed by atoms with E-state index in [-0.39, 0.29) is 96.2 Å². The third kappa shape index (κ3) is 25.8. The number of methoxy groups -OCH3 is 1. The lowest BCUT2D eigenvalue weighted by atomic mass is 9.81. The van der Waals surface area contributed by atoms with Gasteiger partial charge in [-0.15, -0.1) is 22.0 Å². The van der Waals surface area contributed by atoms with Crippen molar-refractivity contribution in [3.05, 3.63) is 147 Å². The van der Waals surface area contributed by atoms with Crippen LogP contribution in [0.25, 0.3) is 0 Å². The fourth-order valence-electron chi connectivity index (χ4n) is 13.7. The van der Waals surface area contributed by atoms with Crippen LogP contribution >= 0.6 is 0 Å². The maximum Gasteiger partial charge on any atom is 0.259 e. The van der Waals surface area contributed by atoms with Crippen molar-refractivity contribution < 1.29 is 75.6 Å². The number of hydrogen-bond donors (Lipinski definition) is 6. The van der Waals surface area contributed by atoms with Crippen molar-refractivity contribution in [3.8, 4) is 28.7 Å². The number of ether oxygens (including phenoxy) is 6. The molecule has 2 fully saturated rings. The second-order valence-electron chi connectivity index (χ2n) is 29.4. The quantitative estimate of drug-likeness (QED) is 0.0253. The number of fused-ring (bicyclic) bond motifs is 5. The first kappa shape index (κ1) is 89.3. The summed E-state index contributed by atoms with van der Waals surface area (Å²) in [5.74, 6) is 3.04. The van der Waals surface area contributed by atoms with E-state index >= 15 is 0 Å². The first-order valence-electron chi connectivity index (χ1n) is 37.5. The van der Waals surface area contributed by atoms with E-state index in [0.717, 1.165) is 51.4 Å². The number of unbranched alkanes of at least 4 members (excludes halogenated alkanes) is 11. The number of aliphatic hydroxyl groups is 1. The summed E-state index contributed by atoms with van der Waals surface area (Å²) in [6.07, 6.45) is 21.8. The number of aliphatic hydroxyl groups excluding tert-OH is 1. The lowest BCUT2D eigenvalue weighted by molar-refractivity contribution is -0.0230. The fraction of sp³-hybridized carbons (Fsp3) is 0.551. The van der Waals surface area contributed by atoms with Gasteiger partial charge in [-0.2, -0.15) is 0 Å². The van der Waals surface area contributed by atoms with Crippen LogP contribution in [0.5, 0.6) is 28.7 Å². The van der Waals surface area contributed by atoms with Gasteiger partial charge < -0.3 is 62.2 Å². The molecule has 12 rings (SSSR count). The molecule has 7 aliphatic rings. The van der Waals surface area contributed by atoms with Gasteiger partial charge in [0.05, 0.1) is 94.7 Å². The second-order valence-corrected chi connectivity index (χ2v) is 37.6. The molecular weight excluding hydrogens is 1510 g/mol. The first-order chi connectivity index (χ1) is 51.6. The van der Waals surface area contributed by atoms with Crippen molar-refractivity contribution in [2.45, 2.75) is 231 Å². The smallest absolute Gasteiger partial charge is 0.259 e. The van der Waals surface area contributed by atoms with E-state index in [1.807, 2.05) is 52.8 Å². The minimum absolute atomic E-state index is 0. The van der Waals surface area contributed by atoms with Crippen molar-refractivity contribution in [1.29, 1.82) is 0 Å². The summed E-state index contributed by atoms with van der Waals surface area (Å²) in [6.45, 7) is 15.7. The van der Waals surface area contributed by atoms with Crippen molar-refractivity contribution in [1.82, 2.24) is 0 Å². The van der Waals surface area contributed by atoms with Gasteiger partial charge in [0, 0.05) is 12.5 Å². The zero-order chi connectivity index (χ0) is 79.5. The van der Waals surface area contributed by atoms with Gasteiger partial charge in [0.25, 0.3) is 50.1 Å². The number of hydrogen-bond acceptors (Lipinski definition) is 22. The molecule has 2 saturated carbocycles. The fourth-order valence-corrected chi connectivity index (χ4v) is 19.1. The summed E-state index contributed by atoms with van der Waals surface area (Å²) < 4.78 is 169. The van der Waals surface area contributed by atoms with Gasteiger partial charge in [-0.05, 0) is 122 Å². The number of sulfonamides is 5. The van der Waals surface area contributed by atoms with Gasteiger partial charge >= 0.3 is 0 Å². The van der Waals surface area contributed by atoms with Gasteiger partial charge in [-0.25, -0.2) is 42.1 Å². The Bertz CT molecular complexity index is 4740. The Balaban J connectivity index is 0.000000191. The molecule has 608 valence electrons. The molecule has 32 heteroatoms. The van der Waals surface area contributed by atoms with E-state index in [1.165, 1.54) is 70.6 Å². The molecule has 0 spiro atoms. The van der Waals surface area contributed by atoms with Crippen LogP contribution in [0.4, 0.5) is 0 Å². The number of nitrogens with zero attached hydrogens (tertiary/aromatic N) is 5. The number of rotatable bonds is 28. The second kappa shape index (κ2) is 40.0. The van der Waals surface area contributed by atoms with E-state index in [2.05, 4.69) is 35.8 Å². The Morgan fingerprint density at radius 1 is 0.427 bits per heavy atom. The van der Waals surface area contributed by atoms with Gasteiger partial charge in [-0.3, -0.25) is 0 Å². The highest BCUT2D eigenvalue weighted by Gasteiger charge is 2.36. The average molecular weight is 1620 g/mol. The van der Waals surface area contributed by atoms with Crippen LogP contribution in [0.15, 0.2) is 113 Å². The largest absolute Gasteiger partial charge is 0.493 e. The summed E-state index contributed by atoms with van der Waals surface area (Å²) in [5.41, 5.74) is 34.8. The number of benzene rings is 5. The van der Waals surface area contributed by atoms with Crippen molar-refractivity contribution in [2.24, 2.45) is 67.9 Å². The van der Waals surface area contributed by atoms with Crippen LogP contribution in [0, 0.1) is 17.3 Å². The molecule has 5 aromatic carbocycles. The normalized spacial score (nSPS) is 19.5. The monoisotopic (exact) mass is 1620 g/mol. The molecule has 5 aliphatic heterocycles.